The minimum absolute atomic E-state index is 0.518. The molecule has 1 atom stereocenters. The highest BCUT2D eigenvalue weighted by Gasteiger charge is 2.12. The van der Waals surface area contributed by atoms with Crippen LogP contribution in [0.5, 0.6) is 0 Å². The lowest BCUT2D eigenvalue weighted by Gasteiger charge is -2.20. The molecule has 1 aliphatic carbocycles. The molecule has 1 N–H and O–H groups in total. The topological polar surface area (TPSA) is 24.9 Å². The maximum atomic E-state index is 4.57. The second-order valence-electron chi connectivity index (χ2n) is 5.51. The molecule has 1 aliphatic rings. The minimum atomic E-state index is 0.518. The summed E-state index contributed by atoms with van der Waals surface area (Å²) >= 11 is 0. The molecule has 0 spiro atoms. The maximum Gasteiger partial charge on any atom is 0.0419 e. The Labute approximate surface area is 117 Å². The van der Waals surface area contributed by atoms with Crippen molar-refractivity contribution in [1.29, 1.82) is 0 Å². The molecule has 0 saturated carbocycles. The van der Waals surface area contributed by atoms with E-state index < -0.39 is 0 Å². The lowest BCUT2D eigenvalue weighted by atomic mass is 9.92. The average molecular weight is 258 g/mol. The van der Waals surface area contributed by atoms with Crippen LogP contribution in [0.3, 0.4) is 0 Å². The summed E-state index contributed by atoms with van der Waals surface area (Å²) in [6, 6.07) is 4.90. The highest BCUT2D eigenvalue weighted by Crippen LogP contribution is 2.22. The molecular formula is C17H26N2. The fourth-order valence-corrected chi connectivity index (χ4v) is 2.72. The van der Waals surface area contributed by atoms with Crippen molar-refractivity contribution in [3.05, 3.63) is 41.2 Å². The van der Waals surface area contributed by atoms with Crippen LogP contribution >= 0.6 is 0 Å². The van der Waals surface area contributed by atoms with Gasteiger partial charge in [0.05, 0.1) is 0 Å². The van der Waals surface area contributed by atoms with E-state index >= 15 is 0 Å². The molecule has 0 aromatic carbocycles. The molecule has 19 heavy (non-hydrogen) atoms. The van der Waals surface area contributed by atoms with Crippen LogP contribution in [0.4, 0.5) is 0 Å². The Kier molecular flexibility index (Phi) is 5.59. The molecule has 0 amide bonds. The summed E-state index contributed by atoms with van der Waals surface area (Å²) in [4.78, 5) is 4.57. The third-order valence-corrected chi connectivity index (χ3v) is 4.05. The van der Waals surface area contributed by atoms with E-state index in [0.29, 0.717) is 6.04 Å². The summed E-state index contributed by atoms with van der Waals surface area (Å²) in [5.74, 6) is 0. The molecular weight excluding hydrogens is 232 g/mol. The van der Waals surface area contributed by atoms with E-state index in [0.717, 1.165) is 12.8 Å². The number of aromatic nitrogens is 1. The van der Waals surface area contributed by atoms with E-state index in [2.05, 4.69) is 42.5 Å². The number of rotatable bonds is 6. The molecule has 0 saturated heterocycles. The van der Waals surface area contributed by atoms with Gasteiger partial charge < -0.3 is 5.32 Å². The SMILES string of the molecule is CCc1ccc(CC(CC2=CCCCC2)NC)nc1. The summed E-state index contributed by atoms with van der Waals surface area (Å²) in [6.45, 7) is 2.17. The van der Waals surface area contributed by atoms with Gasteiger partial charge in [-0.15, -0.1) is 0 Å². The minimum Gasteiger partial charge on any atom is -0.316 e. The smallest absolute Gasteiger partial charge is 0.0419 e. The van der Waals surface area contributed by atoms with Crippen molar-refractivity contribution in [2.45, 2.75) is 57.9 Å². The predicted molar refractivity (Wildman–Crippen MR) is 81.3 cm³/mol. The van der Waals surface area contributed by atoms with Crippen LogP contribution in [0, 0.1) is 0 Å². The van der Waals surface area contributed by atoms with Crippen LogP contribution in [0.1, 0.15) is 50.3 Å². The third-order valence-electron chi connectivity index (χ3n) is 4.05. The van der Waals surface area contributed by atoms with Crippen molar-refractivity contribution in [1.82, 2.24) is 10.3 Å². The van der Waals surface area contributed by atoms with E-state index in [1.165, 1.54) is 43.4 Å². The van der Waals surface area contributed by atoms with Crippen LogP contribution in [-0.2, 0) is 12.8 Å². The number of aryl methyl sites for hydroxylation is 1. The van der Waals surface area contributed by atoms with Gasteiger partial charge in [0.2, 0.25) is 0 Å². The van der Waals surface area contributed by atoms with Crippen molar-refractivity contribution < 1.29 is 0 Å². The van der Waals surface area contributed by atoms with Crippen LogP contribution in [0.15, 0.2) is 30.0 Å². The third kappa shape index (κ3) is 4.46. The van der Waals surface area contributed by atoms with Gasteiger partial charge in [0.15, 0.2) is 0 Å². The lowest BCUT2D eigenvalue weighted by molar-refractivity contribution is 0.527. The summed E-state index contributed by atoms with van der Waals surface area (Å²) in [5.41, 5.74) is 4.16. The zero-order chi connectivity index (χ0) is 13.5. The van der Waals surface area contributed by atoms with Crippen molar-refractivity contribution in [2.75, 3.05) is 7.05 Å². The number of likely N-dealkylation sites (N-methyl/N-ethyl adjacent to an activating group) is 1. The molecule has 1 unspecified atom stereocenters. The molecule has 0 bridgehead atoms. The van der Waals surface area contributed by atoms with Gasteiger partial charge in [-0.25, -0.2) is 0 Å². The first kappa shape index (κ1) is 14.3. The van der Waals surface area contributed by atoms with Gasteiger partial charge in [0.25, 0.3) is 0 Å². The molecule has 1 aromatic rings. The van der Waals surface area contributed by atoms with E-state index in [1.807, 2.05) is 6.20 Å². The zero-order valence-electron chi connectivity index (χ0n) is 12.3. The fraction of sp³-hybridized carbons (Fsp3) is 0.588. The van der Waals surface area contributed by atoms with E-state index in [9.17, 15) is 0 Å². The van der Waals surface area contributed by atoms with Gasteiger partial charge in [-0.05, 0) is 57.2 Å². The highest BCUT2D eigenvalue weighted by atomic mass is 14.9. The summed E-state index contributed by atoms with van der Waals surface area (Å²) in [7, 11) is 2.06. The van der Waals surface area contributed by atoms with Gasteiger partial charge in [-0.1, -0.05) is 24.6 Å². The number of hydrogen-bond acceptors (Lipinski definition) is 2. The second-order valence-corrected chi connectivity index (χ2v) is 5.51. The number of nitrogens with zero attached hydrogens (tertiary/aromatic N) is 1. The van der Waals surface area contributed by atoms with Crippen molar-refractivity contribution >= 4 is 0 Å². The van der Waals surface area contributed by atoms with E-state index in [-0.39, 0.29) is 0 Å². The molecule has 2 rings (SSSR count). The Bertz CT molecular complexity index is 406. The first-order chi connectivity index (χ1) is 9.31. The Morgan fingerprint density at radius 2 is 2.16 bits per heavy atom. The second kappa shape index (κ2) is 7.44. The van der Waals surface area contributed by atoms with Gasteiger partial charge in [-0.2, -0.15) is 0 Å². The van der Waals surface area contributed by atoms with Gasteiger partial charge in [0, 0.05) is 24.4 Å². The molecule has 2 nitrogen and oxygen atoms in total. The summed E-state index contributed by atoms with van der Waals surface area (Å²) in [5, 5.41) is 3.45. The van der Waals surface area contributed by atoms with Gasteiger partial charge in [0.1, 0.15) is 0 Å². The normalized spacial score (nSPS) is 17.1. The number of allylic oxidation sites excluding steroid dienone is 1. The van der Waals surface area contributed by atoms with Crippen LogP contribution in [0.2, 0.25) is 0 Å². The van der Waals surface area contributed by atoms with Crippen LogP contribution < -0.4 is 5.32 Å². The molecule has 104 valence electrons. The Morgan fingerprint density at radius 3 is 2.74 bits per heavy atom. The molecule has 2 heteroatoms. The van der Waals surface area contributed by atoms with Crippen molar-refractivity contribution in [3.63, 3.8) is 0 Å². The summed E-state index contributed by atoms with van der Waals surface area (Å²) < 4.78 is 0. The van der Waals surface area contributed by atoms with Crippen molar-refractivity contribution in [2.24, 2.45) is 0 Å². The fourth-order valence-electron chi connectivity index (χ4n) is 2.72. The van der Waals surface area contributed by atoms with E-state index in [1.54, 1.807) is 5.57 Å². The number of nitrogens with one attached hydrogen (secondary N) is 1. The molecule has 0 radical (unpaired) electrons. The Morgan fingerprint density at radius 1 is 1.26 bits per heavy atom. The molecule has 0 fully saturated rings. The lowest BCUT2D eigenvalue weighted by Crippen LogP contribution is -2.28. The average Bonchev–Trinajstić information content (AvgIpc) is 2.48. The van der Waals surface area contributed by atoms with E-state index in [4.69, 9.17) is 0 Å². The van der Waals surface area contributed by atoms with Gasteiger partial charge in [-0.3, -0.25) is 4.98 Å². The maximum absolute atomic E-state index is 4.57. The quantitative estimate of drug-likeness (QED) is 0.788. The predicted octanol–water partition coefficient (Wildman–Crippen LogP) is 3.67. The first-order valence-electron chi connectivity index (χ1n) is 7.60. The molecule has 1 heterocycles. The summed E-state index contributed by atoms with van der Waals surface area (Å²) in [6.07, 6.45) is 13.0. The standard InChI is InChI=1S/C17H26N2/c1-3-14-9-10-16(19-13-14)12-17(18-2)11-15-7-5-4-6-8-15/h7,9-10,13,17-18H,3-6,8,11-12H2,1-2H3. The highest BCUT2D eigenvalue weighted by molar-refractivity contribution is 5.16. The molecule has 1 aromatic heterocycles. The largest absolute Gasteiger partial charge is 0.316 e. The Hall–Kier alpha value is -1.15. The van der Waals surface area contributed by atoms with Gasteiger partial charge >= 0.3 is 0 Å². The van der Waals surface area contributed by atoms with Crippen LogP contribution in [0.25, 0.3) is 0 Å². The number of hydrogen-bond donors (Lipinski definition) is 1. The van der Waals surface area contributed by atoms with Crippen LogP contribution in [-0.4, -0.2) is 18.1 Å². The van der Waals surface area contributed by atoms with Crippen molar-refractivity contribution in [3.8, 4) is 0 Å². The Balaban J connectivity index is 1.92. The zero-order valence-corrected chi connectivity index (χ0v) is 12.3. The molecule has 0 aliphatic heterocycles. The number of pyridine rings is 1. The monoisotopic (exact) mass is 258 g/mol. The first-order valence-corrected chi connectivity index (χ1v) is 7.60.